The van der Waals surface area contributed by atoms with Gasteiger partial charge in [0.1, 0.15) is 12.4 Å². The molecule has 0 fully saturated rings. The molecule has 0 aliphatic heterocycles. The Hall–Kier alpha value is -2.66. The Labute approximate surface area is 145 Å². The van der Waals surface area contributed by atoms with Crippen LogP contribution in [0.5, 0.6) is 5.75 Å². The highest BCUT2D eigenvalue weighted by atomic mass is 32.1. The molecular weight excluding hydrogens is 320 g/mol. The standard InChI is InChI=1S/C19H18N2O2S/c1-14-16(9-10-17(21-14)18-8-5-13-24-18)19(22)20-11-12-23-15-6-3-2-4-7-15/h2-10,13H,11-12H2,1H3,(H,20,22). The summed E-state index contributed by atoms with van der Waals surface area (Å²) in [6.07, 6.45) is 0. The molecular formula is C19H18N2O2S. The molecule has 0 unspecified atom stereocenters. The second-order valence-electron chi connectivity index (χ2n) is 5.22. The molecule has 2 aromatic heterocycles. The second-order valence-corrected chi connectivity index (χ2v) is 6.17. The number of benzene rings is 1. The van der Waals surface area contributed by atoms with E-state index in [1.807, 2.05) is 66.9 Å². The molecule has 0 saturated heterocycles. The number of thiophene rings is 1. The zero-order valence-corrected chi connectivity index (χ0v) is 14.2. The minimum atomic E-state index is -0.130. The van der Waals surface area contributed by atoms with Gasteiger partial charge in [0.05, 0.1) is 28.4 Å². The Morgan fingerprint density at radius 3 is 2.67 bits per heavy atom. The zero-order chi connectivity index (χ0) is 16.8. The maximum Gasteiger partial charge on any atom is 0.253 e. The summed E-state index contributed by atoms with van der Waals surface area (Å²) in [6.45, 7) is 2.72. The molecule has 1 amide bonds. The average molecular weight is 338 g/mol. The molecule has 2 heterocycles. The van der Waals surface area contributed by atoms with Gasteiger partial charge in [-0.25, -0.2) is 0 Å². The van der Waals surface area contributed by atoms with Crippen molar-refractivity contribution in [1.82, 2.24) is 10.3 Å². The molecule has 24 heavy (non-hydrogen) atoms. The van der Waals surface area contributed by atoms with Gasteiger partial charge in [0, 0.05) is 0 Å². The Balaban J connectivity index is 1.55. The SMILES string of the molecule is Cc1nc(-c2cccs2)ccc1C(=O)NCCOc1ccccc1. The van der Waals surface area contributed by atoms with E-state index in [1.165, 1.54) is 0 Å². The third-order valence-corrected chi connectivity index (χ3v) is 4.40. The third-order valence-electron chi connectivity index (χ3n) is 3.50. The van der Waals surface area contributed by atoms with Gasteiger partial charge < -0.3 is 10.1 Å². The maximum atomic E-state index is 12.3. The number of pyridine rings is 1. The van der Waals surface area contributed by atoms with Crippen LogP contribution >= 0.6 is 11.3 Å². The van der Waals surface area contributed by atoms with Crippen molar-refractivity contribution in [3.8, 4) is 16.3 Å². The van der Waals surface area contributed by atoms with Crippen LogP contribution in [0.3, 0.4) is 0 Å². The molecule has 4 nitrogen and oxygen atoms in total. The van der Waals surface area contributed by atoms with Crippen molar-refractivity contribution in [2.75, 3.05) is 13.2 Å². The lowest BCUT2D eigenvalue weighted by atomic mass is 10.1. The fraction of sp³-hybridized carbons (Fsp3) is 0.158. The zero-order valence-electron chi connectivity index (χ0n) is 13.4. The van der Waals surface area contributed by atoms with Crippen LogP contribution in [0.4, 0.5) is 0 Å². The van der Waals surface area contributed by atoms with Crippen molar-refractivity contribution in [1.29, 1.82) is 0 Å². The first-order valence-corrected chi connectivity index (χ1v) is 8.59. The molecule has 0 atom stereocenters. The van der Waals surface area contributed by atoms with Crippen LogP contribution < -0.4 is 10.1 Å². The number of amides is 1. The lowest BCUT2D eigenvalue weighted by Gasteiger charge is -2.09. The summed E-state index contributed by atoms with van der Waals surface area (Å²) >= 11 is 1.63. The molecule has 1 N–H and O–H groups in total. The lowest BCUT2D eigenvalue weighted by Crippen LogP contribution is -2.28. The van der Waals surface area contributed by atoms with Gasteiger partial charge in [-0.15, -0.1) is 11.3 Å². The van der Waals surface area contributed by atoms with E-state index in [1.54, 1.807) is 11.3 Å². The number of hydrogen-bond acceptors (Lipinski definition) is 4. The topological polar surface area (TPSA) is 51.2 Å². The number of aryl methyl sites for hydroxylation is 1. The van der Waals surface area contributed by atoms with E-state index in [0.29, 0.717) is 18.7 Å². The number of para-hydroxylation sites is 1. The summed E-state index contributed by atoms with van der Waals surface area (Å²) in [5.41, 5.74) is 2.21. The number of hydrogen-bond donors (Lipinski definition) is 1. The number of carbonyl (C=O) groups is 1. The Kier molecular flexibility index (Phi) is 5.23. The van der Waals surface area contributed by atoms with Gasteiger partial charge >= 0.3 is 0 Å². The number of ether oxygens (including phenoxy) is 1. The quantitative estimate of drug-likeness (QED) is 0.693. The molecule has 3 aromatic rings. The number of nitrogens with zero attached hydrogens (tertiary/aromatic N) is 1. The normalized spacial score (nSPS) is 10.4. The summed E-state index contributed by atoms with van der Waals surface area (Å²) < 4.78 is 5.56. The number of rotatable bonds is 6. The molecule has 3 rings (SSSR count). The first-order valence-electron chi connectivity index (χ1n) is 7.71. The molecule has 122 valence electrons. The van der Waals surface area contributed by atoms with Gasteiger partial charge in [-0.1, -0.05) is 24.3 Å². The van der Waals surface area contributed by atoms with Crippen LogP contribution in [-0.2, 0) is 0 Å². The van der Waals surface area contributed by atoms with Crippen LogP contribution in [-0.4, -0.2) is 24.0 Å². The molecule has 0 aliphatic rings. The van der Waals surface area contributed by atoms with Gasteiger partial charge in [0.15, 0.2) is 0 Å². The minimum Gasteiger partial charge on any atom is -0.492 e. The molecule has 0 spiro atoms. The van der Waals surface area contributed by atoms with Crippen LogP contribution in [0.25, 0.3) is 10.6 Å². The second kappa shape index (κ2) is 7.75. The molecule has 0 saturated carbocycles. The van der Waals surface area contributed by atoms with Crippen LogP contribution in [0, 0.1) is 6.92 Å². The largest absolute Gasteiger partial charge is 0.492 e. The summed E-state index contributed by atoms with van der Waals surface area (Å²) in [6, 6.07) is 17.3. The van der Waals surface area contributed by atoms with Crippen LogP contribution in [0.2, 0.25) is 0 Å². The van der Waals surface area contributed by atoms with Crippen molar-refractivity contribution in [3.05, 3.63) is 71.2 Å². The first-order chi connectivity index (χ1) is 11.7. The summed E-state index contributed by atoms with van der Waals surface area (Å²) in [4.78, 5) is 17.9. The Morgan fingerprint density at radius 2 is 1.96 bits per heavy atom. The molecule has 5 heteroatoms. The monoisotopic (exact) mass is 338 g/mol. The number of carbonyl (C=O) groups excluding carboxylic acids is 1. The van der Waals surface area contributed by atoms with E-state index in [9.17, 15) is 4.79 Å². The molecule has 0 aliphatic carbocycles. The third kappa shape index (κ3) is 4.00. The van der Waals surface area contributed by atoms with Crippen LogP contribution in [0.1, 0.15) is 16.1 Å². The lowest BCUT2D eigenvalue weighted by molar-refractivity contribution is 0.0946. The van der Waals surface area contributed by atoms with E-state index >= 15 is 0 Å². The highest BCUT2D eigenvalue weighted by Crippen LogP contribution is 2.23. The minimum absolute atomic E-state index is 0.130. The van der Waals surface area contributed by atoms with Crippen molar-refractivity contribution in [2.24, 2.45) is 0 Å². The van der Waals surface area contributed by atoms with Crippen molar-refractivity contribution in [3.63, 3.8) is 0 Å². The number of nitrogens with one attached hydrogen (secondary N) is 1. The van der Waals surface area contributed by atoms with E-state index in [-0.39, 0.29) is 5.91 Å². The van der Waals surface area contributed by atoms with Crippen molar-refractivity contribution < 1.29 is 9.53 Å². The van der Waals surface area contributed by atoms with E-state index in [0.717, 1.165) is 22.0 Å². The Morgan fingerprint density at radius 1 is 1.12 bits per heavy atom. The predicted octanol–water partition coefficient (Wildman–Crippen LogP) is 3.93. The van der Waals surface area contributed by atoms with Gasteiger partial charge in [-0.05, 0) is 42.6 Å². The van der Waals surface area contributed by atoms with E-state index in [4.69, 9.17) is 4.74 Å². The van der Waals surface area contributed by atoms with Gasteiger partial charge in [-0.2, -0.15) is 0 Å². The highest BCUT2D eigenvalue weighted by molar-refractivity contribution is 7.13. The fourth-order valence-electron chi connectivity index (χ4n) is 2.31. The maximum absolute atomic E-state index is 12.3. The van der Waals surface area contributed by atoms with Crippen LogP contribution in [0.15, 0.2) is 60.0 Å². The average Bonchev–Trinajstić information content (AvgIpc) is 3.14. The van der Waals surface area contributed by atoms with Crippen molar-refractivity contribution in [2.45, 2.75) is 6.92 Å². The fourth-order valence-corrected chi connectivity index (χ4v) is 3.00. The highest BCUT2D eigenvalue weighted by Gasteiger charge is 2.11. The van der Waals surface area contributed by atoms with Gasteiger partial charge in [0.2, 0.25) is 0 Å². The predicted molar refractivity (Wildman–Crippen MR) is 96.6 cm³/mol. The van der Waals surface area contributed by atoms with Gasteiger partial charge in [-0.3, -0.25) is 9.78 Å². The van der Waals surface area contributed by atoms with Gasteiger partial charge in [0.25, 0.3) is 5.91 Å². The first kappa shape index (κ1) is 16.2. The summed E-state index contributed by atoms with van der Waals surface area (Å²) in [7, 11) is 0. The molecule has 0 bridgehead atoms. The molecule has 1 aromatic carbocycles. The van der Waals surface area contributed by atoms with Crippen molar-refractivity contribution >= 4 is 17.2 Å². The molecule has 0 radical (unpaired) electrons. The smallest absolute Gasteiger partial charge is 0.253 e. The summed E-state index contributed by atoms with van der Waals surface area (Å²) in [5.74, 6) is 0.666. The Bertz CT molecular complexity index is 801. The summed E-state index contributed by atoms with van der Waals surface area (Å²) in [5, 5.41) is 4.88. The number of aromatic nitrogens is 1. The van der Waals surface area contributed by atoms with E-state index < -0.39 is 0 Å². The van der Waals surface area contributed by atoms with E-state index in [2.05, 4.69) is 10.3 Å².